The fraction of sp³-hybridized carbons (Fsp3) is 0.111. The summed E-state index contributed by atoms with van der Waals surface area (Å²) >= 11 is 11.6. The van der Waals surface area contributed by atoms with Crippen molar-refractivity contribution in [3.63, 3.8) is 0 Å². The van der Waals surface area contributed by atoms with Gasteiger partial charge >= 0.3 is 0 Å². The lowest BCUT2D eigenvalue weighted by Crippen LogP contribution is -1.86. The highest BCUT2D eigenvalue weighted by Gasteiger charge is 2.04. The van der Waals surface area contributed by atoms with Crippen LogP contribution in [0.5, 0.6) is 0 Å². The van der Waals surface area contributed by atoms with Crippen molar-refractivity contribution in [3.05, 3.63) is 40.4 Å². The van der Waals surface area contributed by atoms with Crippen LogP contribution in [0.1, 0.15) is 5.56 Å². The molecule has 0 radical (unpaired) electrons. The van der Waals surface area contributed by atoms with E-state index in [0.717, 1.165) is 5.56 Å². The van der Waals surface area contributed by atoms with Gasteiger partial charge in [-0.05, 0) is 18.2 Å². The van der Waals surface area contributed by atoms with E-state index in [-0.39, 0.29) is 0 Å². The number of methoxy groups -OCH3 is 1. The average molecular weight is 203 g/mol. The molecule has 1 rings (SSSR count). The third-order valence-electron chi connectivity index (χ3n) is 1.48. The SMILES string of the molecule is C=C(OC)c1ccc(Cl)cc1Cl. The van der Waals surface area contributed by atoms with Crippen molar-refractivity contribution in [2.24, 2.45) is 0 Å². The van der Waals surface area contributed by atoms with Gasteiger partial charge in [0.25, 0.3) is 0 Å². The van der Waals surface area contributed by atoms with Crippen LogP contribution in [0.2, 0.25) is 10.0 Å². The van der Waals surface area contributed by atoms with Gasteiger partial charge in [-0.2, -0.15) is 0 Å². The van der Waals surface area contributed by atoms with Crippen LogP contribution in [0, 0.1) is 0 Å². The average Bonchev–Trinajstić information content (AvgIpc) is 2.03. The molecule has 1 aromatic carbocycles. The summed E-state index contributed by atoms with van der Waals surface area (Å²) in [5.74, 6) is 0.539. The quantitative estimate of drug-likeness (QED) is 0.667. The Hall–Kier alpha value is -0.660. The summed E-state index contributed by atoms with van der Waals surface area (Å²) in [5.41, 5.74) is 0.767. The first-order valence-corrected chi connectivity index (χ1v) is 4.09. The summed E-state index contributed by atoms with van der Waals surface area (Å²) in [6, 6.07) is 5.17. The van der Waals surface area contributed by atoms with Crippen LogP contribution in [0.15, 0.2) is 24.8 Å². The maximum Gasteiger partial charge on any atom is 0.120 e. The summed E-state index contributed by atoms with van der Waals surface area (Å²) in [4.78, 5) is 0. The zero-order chi connectivity index (χ0) is 9.14. The van der Waals surface area contributed by atoms with Crippen molar-refractivity contribution in [1.82, 2.24) is 0 Å². The van der Waals surface area contributed by atoms with E-state index in [9.17, 15) is 0 Å². The summed E-state index contributed by atoms with van der Waals surface area (Å²) in [6.07, 6.45) is 0. The molecule has 0 saturated carbocycles. The van der Waals surface area contributed by atoms with Gasteiger partial charge in [0.2, 0.25) is 0 Å². The largest absolute Gasteiger partial charge is 0.497 e. The molecule has 0 atom stereocenters. The number of hydrogen-bond acceptors (Lipinski definition) is 1. The van der Waals surface area contributed by atoms with E-state index in [1.807, 2.05) is 0 Å². The monoisotopic (exact) mass is 202 g/mol. The Bertz CT molecular complexity index is 307. The lowest BCUT2D eigenvalue weighted by Gasteiger charge is -2.05. The standard InChI is InChI=1S/C9H8Cl2O/c1-6(12-2)8-4-3-7(10)5-9(8)11/h3-5H,1H2,2H3. The van der Waals surface area contributed by atoms with Gasteiger partial charge in [-0.3, -0.25) is 0 Å². The van der Waals surface area contributed by atoms with Crippen LogP contribution in [0.4, 0.5) is 0 Å². The summed E-state index contributed by atoms with van der Waals surface area (Å²) in [7, 11) is 1.55. The molecule has 0 fully saturated rings. The molecule has 0 aliphatic heterocycles. The third-order valence-corrected chi connectivity index (χ3v) is 2.03. The Labute approximate surface area is 81.6 Å². The molecule has 0 amide bonds. The Morgan fingerprint density at radius 3 is 2.58 bits per heavy atom. The fourth-order valence-electron chi connectivity index (χ4n) is 0.826. The molecule has 0 heterocycles. The first-order chi connectivity index (χ1) is 5.65. The van der Waals surface area contributed by atoms with Gasteiger partial charge < -0.3 is 4.74 Å². The molecule has 0 aromatic heterocycles. The Morgan fingerprint density at radius 1 is 1.42 bits per heavy atom. The minimum Gasteiger partial charge on any atom is -0.497 e. The molecule has 0 bridgehead atoms. The van der Waals surface area contributed by atoms with Gasteiger partial charge in [-0.25, -0.2) is 0 Å². The molecule has 0 aliphatic rings. The van der Waals surface area contributed by atoms with Crippen molar-refractivity contribution in [3.8, 4) is 0 Å². The van der Waals surface area contributed by atoms with Gasteiger partial charge in [0, 0.05) is 10.6 Å². The van der Waals surface area contributed by atoms with Crippen LogP contribution in [-0.2, 0) is 4.74 Å². The molecule has 3 heteroatoms. The van der Waals surface area contributed by atoms with E-state index in [0.29, 0.717) is 15.8 Å². The third kappa shape index (κ3) is 1.93. The maximum absolute atomic E-state index is 5.88. The van der Waals surface area contributed by atoms with E-state index in [2.05, 4.69) is 6.58 Å². The Morgan fingerprint density at radius 2 is 2.08 bits per heavy atom. The molecule has 1 nitrogen and oxygen atoms in total. The van der Waals surface area contributed by atoms with Crippen molar-refractivity contribution in [2.75, 3.05) is 7.11 Å². The number of ether oxygens (including phenoxy) is 1. The number of halogens is 2. The van der Waals surface area contributed by atoms with Crippen LogP contribution in [0.3, 0.4) is 0 Å². The predicted octanol–water partition coefficient (Wildman–Crippen LogP) is 3.61. The normalized spacial score (nSPS) is 9.58. The number of hydrogen-bond donors (Lipinski definition) is 0. The zero-order valence-electron chi connectivity index (χ0n) is 6.60. The van der Waals surface area contributed by atoms with E-state index in [1.165, 1.54) is 0 Å². The molecule has 1 aromatic rings. The molecule has 0 spiro atoms. The van der Waals surface area contributed by atoms with Crippen molar-refractivity contribution in [2.45, 2.75) is 0 Å². The van der Waals surface area contributed by atoms with Gasteiger partial charge in [-0.1, -0.05) is 29.8 Å². The topological polar surface area (TPSA) is 9.23 Å². The lowest BCUT2D eigenvalue weighted by atomic mass is 10.2. The van der Waals surface area contributed by atoms with Gasteiger partial charge in [0.05, 0.1) is 12.1 Å². The van der Waals surface area contributed by atoms with Gasteiger partial charge in [0.1, 0.15) is 5.76 Å². The second-order valence-corrected chi connectivity index (χ2v) is 3.10. The molecular weight excluding hydrogens is 195 g/mol. The molecule has 0 saturated heterocycles. The number of benzene rings is 1. The van der Waals surface area contributed by atoms with Crippen LogP contribution < -0.4 is 0 Å². The highest BCUT2D eigenvalue weighted by molar-refractivity contribution is 6.35. The number of rotatable bonds is 2. The van der Waals surface area contributed by atoms with Gasteiger partial charge in [-0.15, -0.1) is 0 Å². The van der Waals surface area contributed by atoms with Crippen LogP contribution >= 0.6 is 23.2 Å². The predicted molar refractivity (Wildman–Crippen MR) is 52.5 cm³/mol. The van der Waals surface area contributed by atoms with E-state index < -0.39 is 0 Å². The molecular formula is C9H8Cl2O. The molecule has 0 N–H and O–H groups in total. The van der Waals surface area contributed by atoms with Crippen LogP contribution in [0.25, 0.3) is 5.76 Å². The van der Waals surface area contributed by atoms with E-state index in [4.69, 9.17) is 27.9 Å². The smallest absolute Gasteiger partial charge is 0.120 e. The Balaban J connectivity index is 3.09. The molecule has 0 unspecified atom stereocenters. The van der Waals surface area contributed by atoms with E-state index in [1.54, 1.807) is 25.3 Å². The minimum absolute atomic E-state index is 0.539. The van der Waals surface area contributed by atoms with E-state index >= 15 is 0 Å². The maximum atomic E-state index is 5.88. The Kier molecular flexibility index (Phi) is 3.01. The molecule has 0 aliphatic carbocycles. The highest BCUT2D eigenvalue weighted by Crippen LogP contribution is 2.26. The molecule has 64 valence electrons. The van der Waals surface area contributed by atoms with Crippen molar-refractivity contribution in [1.29, 1.82) is 0 Å². The first kappa shape index (κ1) is 9.43. The summed E-state index contributed by atoms with van der Waals surface area (Å²) < 4.78 is 4.93. The first-order valence-electron chi connectivity index (χ1n) is 3.33. The lowest BCUT2D eigenvalue weighted by molar-refractivity contribution is 0.371. The van der Waals surface area contributed by atoms with Crippen molar-refractivity contribution < 1.29 is 4.74 Å². The minimum atomic E-state index is 0.539. The fourth-order valence-corrected chi connectivity index (χ4v) is 1.34. The second kappa shape index (κ2) is 3.83. The van der Waals surface area contributed by atoms with Crippen LogP contribution in [-0.4, -0.2) is 7.11 Å². The zero-order valence-corrected chi connectivity index (χ0v) is 8.12. The molecule has 12 heavy (non-hydrogen) atoms. The summed E-state index contributed by atoms with van der Waals surface area (Å²) in [6.45, 7) is 3.68. The van der Waals surface area contributed by atoms with Crippen molar-refractivity contribution >= 4 is 29.0 Å². The highest BCUT2D eigenvalue weighted by atomic mass is 35.5. The van der Waals surface area contributed by atoms with Gasteiger partial charge in [0.15, 0.2) is 0 Å². The summed E-state index contributed by atoms with van der Waals surface area (Å²) in [5, 5.41) is 1.15. The second-order valence-electron chi connectivity index (χ2n) is 2.25.